The fraction of sp³-hybridized carbons (Fsp3) is 0.357. The lowest BCUT2D eigenvalue weighted by Crippen LogP contribution is -2.31. The number of ketones is 1. The first-order valence-electron chi connectivity index (χ1n) is 6.09. The van der Waals surface area contributed by atoms with Crippen LogP contribution in [-0.2, 0) is 21.7 Å². The van der Waals surface area contributed by atoms with E-state index in [9.17, 15) is 4.79 Å². The molecule has 2 aliphatic rings. The summed E-state index contributed by atoms with van der Waals surface area (Å²) in [6.07, 6.45) is 4.89. The number of alkyl halides is 1. The van der Waals surface area contributed by atoms with E-state index in [1.807, 2.05) is 18.2 Å². The van der Waals surface area contributed by atoms with Crippen molar-refractivity contribution in [1.29, 1.82) is 0 Å². The van der Waals surface area contributed by atoms with Gasteiger partial charge < -0.3 is 0 Å². The third-order valence-corrected chi connectivity index (χ3v) is 3.85. The Hall–Kier alpha value is -1.32. The summed E-state index contributed by atoms with van der Waals surface area (Å²) in [6, 6.07) is 8.23. The molecule has 0 amide bonds. The number of fused-ring (bicyclic) bond motifs is 2. The van der Waals surface area contributed by atoms with E-state index in [-0.39, 0.29) is 11.7 Å². The fourth-order valence-electron chi connectivity index (χ4n) is 2.73. The maximum absolute atomic E-state index is 11.6. The van der Waals surface area contributed by atoms with Crippen molar-refractivity contribution in [3.63, 3.8) is 0 Å². The molecule has 1 heterocycles. The molecule has 1 N–H and O–H groups in total. The Kier molecular flexibility index (Phi) is 2.88. The minimum Gasteiger partial charge on any atom is -0.291 e. The van der Waals surface area contributed by atoms with E-state index in [1.165, 1.54) is 5.56 Å². The second-order valence-corrected chi connectivity index (χ2v) is 4.99. The molecule has 0 bridgehead atoms. The van der Waals surface area contributed by atoms with Gasteiger partial charge in [-0.25, -0.2) is 0 Å². The number of hydrogen-bond acceptors (Lipinski definition) is 3. The Balaban J connectivity index is 2.03. The van der Waals surface area contributed by atoms with Crippen LogP contribution in [0.3, 0.4) is 0 Å². The summed E-state index contributed by atoms with van der Waals surface area (Å²) in [4.78, 5) is 17.3. The van der Waals surface area contributed by atoms with E-state index >= 15 is 0 Å². The molecular weight excluding hydrogens is 250 g/mol. The number of aryl methyl sites for hydroxylation is 1. The second-order valence-electron chi connectivity index (χ2n) is 4.72. The van der Waals surface area contributed by atoms with Crippen LogP contribution in [0.4, 0.5) is 0 Å². The minimum absolute atomic E-state index is 0.0279. The largest absolute Gasteiger partial charge is 0.291 e. The number of hydroxylamine groups is 1. The van der Waals surface area contributed by atoms with E-state index < -0.39 is 5.60 Å². The van der Waals surface area contributed by atoms with Gasteiger partial charge in [0, 0.05) is 0 Å². The van der Waals surface area contributed by atoms with E-state index in [1.54, 1.807) is 0 Å². The minimum atomic E-state index is -0.494. The highest BCUT2D eigenvalue weighted by molar-refractivity contribution is 6.30. The molecule has 4 heteroatoms. The van der Waals surface area contributed by atoms with Crippen LogP contribution in [0.2, 0.25) is 0 Å². The Labute approximate surface area is 111 Å². The van der Waals surface area contributed by atoms with Gasteiger partial charge in [-0.05, 0) is 36.5 Å². The number of allylic oxidation sites excluding steroid dienone is 1. The van der Waals surface area contributed by atoms with Crippen LogP contribution in [0.5, 0.6) is 0 Å². The van der Waals surface area contributed by atoms with Crippen LogP contribution in [0.1, 0.15) is 24.0 Å². The van der Waals surface area contributed by atoms with Gasteiger partial charge in [-0.2, -0.15) is 0 Å². The summed E-state index contributed by atoms with van der Waals surface area (Å²) in [5.41, 5.74) is 5.16. The first-order valence-corrected chi connectivity index (χ1v) is 6.63. The fourth-order valence-corrected chi connectivity index (χ4v) is 2.87. The topological polar surface area (TPSA) is 38.3 Å². The molecule has 0 fully saturated rings. The van der Waals surface area contributed by atoms with Gasteiger partial charge in [0.25, 0.3) is 0 Å². The SMILES string of the molecule is O=C(CCl)C1=CC2(CCCc3ccccc32)ON1. The highest BCUT2D eigenvalue weighted by Crippen LogP contribution is 2.42. The molecule has 1 atom stereocenters. The number of rotatable bonds is 2. The summed E-state index contributed by atoms with van der Waals surface area (Å²) >= 11 is 5.57. The Morgan fingerprint density at radius 2 is 2.28 bits per heavy atom. The lowest BCUT2D eigenvalue weighted by atomic mass is 9.79. The van der Waals surface area contributed by atoms with Crippen molar-refractivity contribution in [1.82, 2.24) is 5.48 Å². The molecule has 3 rings (SSSR count). The van der Waals surface area contributed by atoms with Gasteiger partial charge >= 0.3 is 0 Å². The lowest BCUT2D eigenvalue weighted by Gasteiger charge is -2.32. The molecule has 94 valence electrons. The van der Waals surface area contributed by atoms with Gasteiger partial charge in [-0.3, -0.25) is 15.1 Å². The van der Waals surface area contributed by atoms with Crippen LogP contribution in [0.25, 0.3) is 0 Å². The van der Waals surface area contributed by atoms with Gasteiger partial charge in [0.15, 0.2) is 5.78 Å². The molecule has 1 aliphatic carbocycles. The molecule has 1 aromatic carbocycles. The molecule has 1 unspecified atom stereocenters. The number of carbonyl (C=O) groups is 1. The number of Topliss-reactive ketones (excluding diaryl/α,β-unsaturated/α-hetero) is 1. The Bertz CT molecular complexity index is 526. The highest BCUT2D eigenvalue weighted by atomic mass is 35.5. The summed E-state index contributed by atoms with van der Waals surface area (Å²) in [7, 11) is 0. The van der Waals surface area contributed by atoms with Gasteiger partial charge in [-0.15, -0.1) is 11.6 Å². The molecule has 1 aromatic rings. The van der Waals surface area contributed by atoms with Crippen LogP contribution in [0, 0.1) is 0 Å². The van der Waals surface area contributed by atoms with E-state index in [0.29, 0.717) is 5.70 Å². The van der Waals surface area contributed by atoms with Gasteiger partial charge in [0.1, 0.15) is 11.3 Å². The summed E-state index contributed by atoms with van der Waals surface area (Å²) in [5, 5.41) is 0. The van der Waals surface area contributed by atoms with Crippen LogP contribution >= 0.6 is 11.6 Å². The summed E-state index contributed by atoms with van der Waals surface area (Å²) in [5.74, 6) is -0.156. The van der Waals surface area contributed by atoms with Gasteiger partial charge in [0.2, 0.25) is 0 Å². The van der Waals surface area contributed by atoms with Crippen LogP contribution < -0.4 is 5.48 Å². The zero-order valence-electron chi connectivity index (χ0n) is 9.91. The van der Waals surface area contributed by atoms with Crippen molar-refractivity contribution in [2.24, 2.45) is 0 Å². The van der Waals surface area contributed by atoms with E-state index in [4.69, 9.17) is 16.4 Å². The number of halogens is 1. The molecule has 0 saturated heterocycles. The summed E-state index contributed by atoms with van der Waals surface area (Å²) < 4.78 is 0. The first-order chi connectivity index (χ1) is 8.75. The van der Waals surface area contributed by atoms with Crippen molar-refractivity contribution in [2.45, 2.75) is 24.9 Å². The molecule has 0 radical (unpaired) electrons. The van der Waals surface area contributed by atoms with E-state index in [2.05, 4.69) is 17.6 Å². The number of hydrogen-bond donors (Lipinski definition) is 1. The normalized spacial score (nSPS) is 25.5. The predicted molar refractivity (Wildman–Crippen MR) is 69.1 cm³/mol. The van der Waals surface area contributed by atoms with Crippen molar-refractivity contribution < 1.29 is 9.63 Å². The quantitative estimate of drug-likeness (QED) is 0.833. The zero-order chi connectivity index (χ0) is 12.6. The Morgan fingerprint density at radius 1 is 1.44 bits per heavy atom. The number of benzene rings is 1. The third kappa shape index (κ3) is 1.74. The molecular formula is C14H14ClNO2. The molecule has 1 spiro atoms. The zero-order valence-corrected chi connectivity index (χ0v) is 10.7. The molecule has 0 saturated carbocycles. The highest BCUT2D eigenvalue weighted by Gasteiger charge is 2.41. The molecule has 3 nitrogen and oxygen atoms in total. The van der Waals surface area contributed by atoms with Crippen molar-refractivity contribution in [3.05, 3.63) is 47.2 Å². The maximum Gasteiger partial charge on any atom is 0.195 e. The Morgan fingerprint density at radius 3 is 3.11 bits per heavy atom. The van der Waals surface area contributed by atoms with Crippen molar-refractivity contribution in [2.75, 3.05) is 5.88 Å². The summed E-state index contributed by atoms with van der Waals surface area (Å²) in [6.45, 7) is 0. The third-order valence-electron chi connectivity index (χ3n) is 3.61. The van der Waals surface area contributed by atoms with Gasteiger partial charge in [0.05, 0.1) is 5.88 Å². The van der Waals surface area contributed by atoms with Crippen molar-refractivity contribution >= 4 is 17.4 Å². The van der Waals surface area contributed by atoms with Crippen molar-refractivity contribution in [3.8, 4) is 0 Å². The monoisotopic (exact) mass is 263 g/mol. The molecule has 1 aliphatic heterocycles. The predicted octanol–water partition coefficient (Wildman–Crippen LogP) is 2.44. The maximum atomic E-state index is 11.6. The van der Waals surface area contributed by atoms with Crippen LogP contribution in [0.15, 0.2) is 36.0 Å². The van der Waals surface area contributed by atoms with Gasteiger partial charge in [-0.1, -0.05) is 24.3 Å². The standard InChI is InChI=1S/C14H14ClNO2/c15-9-13(17)12-8-14(18-16-12)7-3-5-10-4-1-2-6-11(10)14/h1-2,4,6,8,16H,3,5,7,9H2. The lowest BCUT2D eigenvalue weighted by molar-refractivity contribution is -0.115. The van der Waals surface area contributed by atoms with Crippen LogP contribution in [-0.4, -0.2) is 11.7 Å². The number of carbonyl (C=O) groups excluding carboxylic acids is 1. The molecule has 0 aromatic heterocycles. The average molecular weight is 264 g/mol. The van der Waals surface area contributed by atoms with E-state index in [0.717, 1.165) is 24.8 Å². The smallest absolute Gasteiger partial charge is 0.195 e. The first kappa shape index (κ1) is 11.8. The second kappa shape index (κ2) is 4.41. The average Bonchev–Trinajstić information content (AvgIpc) is 2.83. The number of nitrogens with one attached hydrogen (secondary N) is 1. The molecule has 18 heavy (non-hydrogen) atoms.